The number of nitrogens with zero attached hydrogens (tertiary/aromatic N) is 2. The van der Waals surface area contributed by atoms with Gasteiger partial charge in [-0.1, -0.05) is 13.0 Å². The zero-order chi connectivity index (χ0) is 19.6. The Morgan fingerprint density at radius 2 is 1.56 bits per heavy atom. The SMILES string of the molecule is CC1CC2=C(C=C1C(=O)c1ccc3c(c1)C(=O)N(C)C3=O)C(=O)N(C)C2=O. The van der Waals surface area contributed by atoms with Crippen LogP contribution >= 0.6 is 0 Å². The first-order valence-corrected chi connectivity index (χ1v) is 8.50. The van der Waals surface area contributed by atoms with Gasteiger partial charge in [0.1, 0.15) is 0 Å². The first-order chi connectivity index (χ1) is 12.7. The maximum absolute atomic E-state index is 13.0. The summed E-state index contributed by atoms with van der Waals surface area (Å²) in [5, 5.41) is 0. The average molecular weight is 364 g/mol. The molecule has 7 heteroatoms. The Balaban J connectivity index is 1.74. The molecule has 0 bridgehead atoms. The van der Waals surface area contributed by atoms with Gasteiger partial charge in [0.25, 0.3) is 23.6 Å². The van der Waals surface area contributed by atoms with Crippen LogP contribution in [0.15, 0.2) is 41.0 Å². The zero-order valence-corrected chi connectivity index (χ0v) is 15.0. The topological polar surface area (TPSA) is 91.8 Å². The number of benzene rings is 1. The normalized spacial score (nSPS) is 21.7. The standard InChI is InChI=1S/C20H16N2O5/c1-9-6-13-15(20(27)22(3)18(13)25)8-12(9)16(23)10-4-5-11-14(7-10)19(26)21(2)17(11)24/h4-5,7-9H,6H2,1-3H3. The molecule has 1 unspecified atom stereocenters. The summed E-state index contributed by atoms with van der Waals surface area (Å²) in [4.78, 5) is 63.6. The largest absolute Gasteiger partial charge is 0.289 e. The van der Waals surface area contributed by atoms with E-state index in [1.54, 1.807) is 0 Å². The highest BCUT2D eigenvalue weighted by atomic mass is 16.2. The van der Waals surface area contributed by atoms with Crippen LogP contribution in [0.1, 0.15) is 44.4 Å². The lowest BCUT2D eigenvalue weighted by Gasteiger charge is -2.20. The molecule has 0 radical (unpaired) electrons. The van der Waals surface area contributed by atoms with Crippen molar-refractivity contribution < 1.29 is 24.0 Å². The van der Waals surface area contributed by atoms with E-state index in [0.717, 1.165) is 9.80 Å². The Morgan fingerprint density at radius 3 is 2.26 bits per heavy atom. The summed E-state index contributed by atoms with van der Waals surface area (Å²) in [6.45, 7) is 1.82. The van der Waals surface area contributed by atoms with Crippen LogP contribution in [0.25, 0.3) is 0 Å². The Morgan fingerprint density at radius 1 is 0.926 bits per heavy atom. The summed E-state index contributed by atoms with van der Waals surface area (Å²) in [6, 6.07) is 4.41. The molecular formula is C20H16N2O5. The third-order valence-electron chi connectivity index (χ3n) is 5.38. The summed E-state index contributed by atoms with van der Waals surface area (Å²) in [6.07, 6.45) is 1.80. The molecule has 2 heterocycles. The molecule has 4 amide bonds. The third kappa shape index (κ3) is 2.24. The quantitative estimate of drug-likeness (QED) is 0.584. The molecule has 0 aromatic heterocycles. The summed E-state index contributed by atoms with van der Waals surface area (Å²) in [7, 11) is 2.81. The highest BCUT2D eigenvalue weighted by molar-refractivity contribution is 6.24. The van der Waals surface area contributed by atoms with E-state index in [9.17, 15) is 24.0 Å². The minimum Gasteiger partial charge on any atom is -0.289 e. The predicted molar refractivity (Wildman–Crippen MR) is 93.9 cm³/mol. The Labute approximate surface area is 154 Å². The molecule has 136 valence electrons. The van der Waals surface area contributed by atoms with Crippen LogP contribution in [-0.2, 0) is 9.59 Å². The van der Waals surface area contributed by atoms with E-state index in [-0.39, 0.29) is 39.9 Å². The number of imide groups is 2. The van der Waals surface area contributed by atoms with Crippen LogP contribution < -0.4 is 0 Å². The molecule has 0 saturated heterocycles. The van der Waals surface area contributed by atoms with Gasteiger partial charge < -0.3 is 0 Å². The molecule has 3 aliphatic rings. The second kappa shape index (κ2) is 5.57. The third-order valence-corrected chi connectivity index (χ3v) is 5.38. The van der Waals surface area contributed by atoms with Crippen LogP contribution in [0.4, 0.5) is 0 Å². The van der Waals surface area contributed by atoms with E-state index in [2.05, 4.69) is 0 Å². The van der Waals surface area contributed by atoms with Crippen LogP contribution in [0, 0.1) is 5.92 Å². The van der Waals surface area contributed by atoms with Crippen molar-refractivity contribution in [2.24, 2.45) is 5.92 Å². The van der Waals surface area contributed by atoms with Gasteiger partial charge in [-0.15, -0.1) is 0 Å². The molecule has 4 rings (SSSR count). The van der Waals surface area contributed by atoms with Crippen LogP contribution in [0.3, 0.4) is 0 Å². The van der Waals surface area contributed by atoms with Gasteiger partial charge in [-0.05, 0) is 30.5 Å². The number of Topliss-reactive ketones (excluding diaryl/α,β-unsaturated/α-hetero) is 1. The highest BCUT2D eigenvalue weighted by Gasteiger charge is 2.40. The van der Waals surface area contributed by atoms with Crippen LogP contribution in [0.5, 0.6) is 0 Å². The van der Waals surface area contributed by atoms with Gasteiger partial charge in [-0.25, -0.2) is 0 Å². The van der Waals surface area contributed by atoms with Crippen molar-refractivity contribution in [1.29, 1.82) is 0 Å². The summed E-state index contributed by atoms with van der Waals surface area (Å²) in [5.41, 5.74) is 1.85. The van der Waals surface area contributed by atoms with E-state index in [1.807, 2.05) is 6.92 Å². The van der Waals surface area contributed by atoms with Gasteiger partial charge >= 0.3 is 0 Å². The predicted octanol–water partition coefficient (Wildman–Crippen LogP) is 1.36. The van der Waals surface area contributed by atoms with Gasteiger partial charge in [-0.2, -0.15) is 0 Å². The number of ketones is 1. The molecule has 0 fully saturated rings. The van der Waals surface area contributed by atoms with E-state index in [0.29, 0.717) is 17.6 Å². The van der Waals surface area contributed by atoms with Crippen LogP contribution in [0.2, 0.25) is 0 Å². The summed E-state index contributed by atoms with van der Waals surface area (Å²) < 4.78 is 0. The second-order valence-electron chi connectivity index (χ2n) is 7.03. The Hall–Kier alpha value is -3.35. The van der Waals surface area contributed by atoms with E-state index >= 15 is 0 Å². The second-order valence-corrected chi connectivity index (χ2v) is 7.03. The fraction of sp³-hybridized carbons (Fsp3) is 0.250. The number of likely N-dealkylation sites (N-methyl/N-ethyl adjacent to an activating group) is 1. The number of hydrogen-bond donors (Lipinski definition) is 0. The van der Waals surface area contributed by atoms with Crippen molar-refractivity contribution >= 4 is 29.4 Å². The first kappa shape index (κ1) is 17.1. The van der Waals surface area contributed by atoms with Crippen molar-refractivity contribution in [1.82, 2.24) is 9.80 Å². The minimum absolute atomic E-state index is 0.198. The number of carbonyl (C=O) groups excluding carboxylic acids is 5. The monoisotopic (exact) mass is 364 g/mol. The molecule has 1 aromatic carbocycles. The fourth-order valence-corrected chi connectivity index (χ4v) is 3.74. The van der Waals surface area contributed by atoms with Crippen molar-refractivity contribution in [3.8, 4) is 0 Å². The number of amides is 4. The lowest BCUT2D eigenvalue weighted by molar-refractivity contribution is -0.135. The van der Waals surface area contributed by atoms with Gasteiger partial charge in [0.05, 0.1) is 11.1 Å². The smallest absolute Gasteiger partial charge is 0.261 e. The summed E-state index contributed by atoms with van der Waals surface area (Å²) in [5.74, 6) is -2.14. The number of fused-ring (bicyclic) bond motifs is 1. The van der Waals surface area contributed by atoms with E-state index < -0.39 is 17.7 Å². The zero-order valence-electron chi connectivity index (χ0n) is 15.0. The maximum atomic E-state index is 13.0. The van der Waals surface area contributed by atoms with Crippen LogP contribution in [-0.4, -0.2) is 53.3 Å². The number of allylic oxidation sites excluding steroid dienone is 1. The fourth-order valence-electron chi connectivity index (χ4n) is 3.74. The molecule has 0 N–H and O–H groups in total. The lowest BCUT2D eigenvalue weighted by Crippen LogP contribution is -2.26. The van der Waals surface area contributed by atoms with Crippen molar-refractivity contribution in [3.05, 3.63) is 57.7 Å². The molecule has 0 spiro atoms. The molecule has 1 aliphatic carbocycles. The van der Waals surface area contributed by atoms with E-state index in [4.69, 9.17) is 0 Å². The first-order valence-electron chi connectivity index (χ1n) is 8.50. The maximum Gasteiger partial charge on any atom is 0.261 e. The van der Waals surface area contributed by atoms with Gasteiger partial charge in [0.2, 0.25) is 0 Å². The Bertz CT molecular complexity index is 1050. The average Bonchev–Trinajstić information content (AvgIpc) is 3.01. The number of hydrogen-bond acceptors (Lipinski definition) is 5. The van der Waals surface area contributed by atoms with Gasteiger partial charge in [-0.3, -0.25) is 33.8 Å². The molecular weight excluding hydrogens is 348 g/mol. The van der Waals surface area contributed by atoms with Gasteiger partial charge in [0, 0.05) is 36.4 Å². The van der Waals surface area contributed by atoms with Gasteiger partial charge in [0.15, 0.2) is 5.78 Å². The minimum atomic E-state index is -0.446. The number of rotatable bonds is 2. The van der Waals surface area contributed by atoms with Crippen molar-refractivity contribution in [2.45, 2.75) is 13.3 Å². The lowest BCUT2D eigenvalue weighted by atomic mass is 9.81. The van der Waals surface area contributed by atoms with E-state index in [1.165, 1.54) is 38.4 Å². The molecule has 1 atom stereocenters. The number of carbonyl (C=O) groups is 5. The van der Waals surface area contributed by atoms with Crippen molar-refractivity contribution in [3.63, 3.8) is 0 Å². The molecule has 2 aliphatic heterocycles. The molecule has 27 heavy (non-hydrogen) atoms. The Kier molecular flexibility index (Phi) is 3.53. The highest BCUT2D eigenvalue weighted by Crippen LogP contribution is 2.36. The van der Waals surface area contributed by atoms with Crippen molar-refractivity contribution in [2.75, 3.05) is 14.1 Å². The molecule has 7 nitrogen and oxygen atoms in total. The molecule has 0 saturated carbocycles. The summed E-state index contributed by atoms with van der Waals surface area (Å²) >= 11 is 0. The molecule has 1 aromatic rings.